The highest BCUT2D eigenvalue weighted by Gasteiger charge is 2.39. The van der Waals surface area contributed by atoms with Crippen LogP contribution in [0.25, 0.3) is 0 Å². The molecule has 13 heavy (non-hydrogen) atoms. The maximum atomic E-state index is 7.44. The van der Waals surface area contributed by atoms with Gasteiger partial charge >= 0.3 is 0 Å². The SMILES string of the molecule is Cl.N=C(CCl)N[C@@H]1C[C@@H]2CC[C@H]1C2. The molecule has 3 atom stereocenters. The average Bonchev–Trinajstić information content (AvgIpc) is 2.64. The first-order chi connectivity index (χ1) is 5.79. The summed E-state index contributed by atoms with van der Waals surface area (Å²) in [5.74, 6) is 2.59. The van der Waals surface area contributed by atoms with Gasteiger partial charge in [-0.25, -0.2) is 0 Å². The molecule has 2 rings (SSSR count). The second-order valence-corrected chi connectivity index (χ2v) is 4.31. The summed E-state index contributed by atoms with van der Waals surface area (Å²) in [7, 11) is 0. The highest BCUT2D eigenvalue weighted by atomic mass is 35.5. The molecule has 2 N–H and O–H groups in total. The monoisotopic (exact) mass is 222 g/mol. The molecule has 0 aromatic heterocycles. The van der Waals surface area contributed by atoms with Gasteiger partial charge in [-0.05, 0) is 31.1 Å². The van der Waals surface area contributed by atoms with Crippen LogP contribution < -0.4 is 5.32 Å². The first kappa shape index (κ1) is 11.1. The number of hydrogen-bond acceptors (Lipinski definition) is 1. The highest BCUT2D eigenvalue weighted by molar-refractivity contribution is 6.27. The molecule has 0 unspecified atom stereocenters. The van der Waals surface area contributed by atoms with E-state index in [4.69, 9.17) is 17.0 Å². The van der Waals surface area contributed by atoms with Gasteiger partial charge in [0.05, 0.1) is 5.88 Å². The Balaban J connectivity index is 0.000000845. The minimum absolute atomic E-state index is 0. The van der Waals surface area contributed by atoms with Gasteiger partial charge in [0.2, 0.25) is 0 Å². The van der Waals surface area contributed by atoms with Crippen molar-refractivity contribution in [1.29, 1.82) is 5.41 Å². The van der Waals surface area contributed by atoms with Gasteiger partial charge in [-0.2, -0.15) is 0 Å². The third-order valence-electron chi connectivity index (χ3n) is 3.23. The summed E-state index contributed by atoms with van der Waals surface area (Å²) in [5, 5.41) is 10.7. The van der Waals surface area contributed by atoms with E-state index in [2.05, 4.69) is 5.32 Å². The van der Waals surface area contributed by atoms with Crippen LogP contribution in [0.5, 0.6) is 0 Å². The van der Waals surface area contributed by atoms with E-state index in [9.17, 15) is 0 Å². The predicted molar refractivity (Wildman–Crippen MR) is 58.1 cm³/mol. The van der Waals surface area contributed by atoms with Crippen LogP contribution >= 0.6 is 24.0 Å². The van der Waals surface area contributed by atoms with Crippen molar-refractivity contribution < 1.29 is 0 Å². The second-order valence-electron chi connectivity index (χ2n) is 4.04. The van der Waals surface area contributed by atoms with Crippen LogP contribution in [-0.4, -0.2) is 17.8 Å². The van der Waals surface area contributed by atoms with Crippen molar-refractivity contribution in [2.24, 2.45) is 11.8 Å². The predicted octanol–water partition coefficient (Wildman–Crippen LogP) is 2.40. The molecule has 0 saturated heterocycles. The molecule has 2 aliphatic carbocycles. The first-order valence-corrected chi connectivity index (χ1v) is 5.23. The Hall–Kier alpha value is 0.0500. The topological polar surface area (TPSA) is 35.9 Å². The van der Waals surface area contributed by atoms with Crippen molar-refractivity contribution in [1.82, 2.24) is 5.32 Å². The Morgan fingerprint density at radius 2 is 2.15 bits per heavy atom. The van der Waals surface area contributed by atoms with Crippen LogP contribution in [0, 0.1) is 17.2 Å². The maximum Gasteiger partial charge on any atom is 0.109 e. The number of alkyl halides is 1. The van der Waals surface area contributed by atoms with Gasteiger partial charge in [0.25, 0.3) is 0 Å². The zero-order chi connectivity index (χ0) is 8.55. The molecule has 0 amide bonds. The molecular weight excluding hydrogens is 207 g/mol. The van der Waals surface area contributed by atoms with Crippen molar-refractivity contribution in [3.05, 3.63) is 0 Å². The van der Waals surface area contributed by atoms with E-state index in [1.807, 2.05) is 0 Å². The lowest BCUT2D eigenvalue weighted by Gasteiger charge is -2.23. The fourth-order valence-electron chi connectivity index (χ4n) is 2.68. The Bertz CT molecular complexity index is 196. The minimum Gasteiger partial charge on any atom is -0.370 e. The smallest absolute Gasteiger partial charge is 0.109 e. The van der Waals surface area contributed by atoms with Crippen LogP contribution in [0.3, 0.4) is 0 Å². The van der Waals surface area contributed by atoms with Crippen molar-refractivity contribution in [2.45, 2.75) is 31.7 Å². The Kier molecular flexibility index (Phi) is 3.87. The van der Waals surface area contributed by atoms with E-state index in [0.29, 0.717) is 17.8 Å². The number of halogens is 2. The second kappa shape index (κ2) is 4.52. The molecule has 0 heterocycles. The zero-order valence-electron chi connectivity index (χ0n) is 7.55. The van der Waals surface area contributed by atoms with Gasteiger partial charge in [-0.3, -0.25) is 5.41 Å². The molecule has 2 aliphatic rings. The zero-order valence-corrected chi connectivity index (χ0v) is 9.13. The Labute approximate surface area is 90.3 Å². The highest BCUT2D eigenvalue weighted by Crippen LogP contribution is 2.44. The van der Waals surface area contributed by atoms with E-state index >= 15 is 0 Å². The number of fused-ring (bicyclic) bond motifs is 2. The fraction of sp³-hybridized carbons (Fsp3) is 0.889. The molecule has 2 fully saturated rings. The normalized spacial score (nSPS) is 35.6. The van der Waals surface area contributed by atoms with Crippen LogP contribution in [0.2, 0.25) is 0 Å². The molecule has 76 valence electrons. The van der Waals surface area contributed by atoms with E-state index < -0.39 is 0 Å². The molecule has 0 spiro atoms. The lowest BCUT2D eigenvalue weighted by atomic mass is 9.95. The number of hydrogen-bond donors (Lipinski definition) is 2. The van der Waals surface area contributed by atoms with Crippen LogP contribution in [-0.2, 0) is 0 Å². The van der Waals surface area contributed by atoms with Gasteiger partial charge in [0.1, 0.15) is 5.84 Å². The van der Waals surface area contributed by atoms with Crippen LogP contribution in [0.15, 0.2) is 0 Å². The van der Waals surface area contributed by atoms with Gasteiger partial charge in [0, 0.05) is 6.04 Å². The molecule has 0 aromatic rings. The van der Waals surface area contributed by atoms with Gasteiger partial charge < -0.3 is 5.32 Å². The molecule has 0 aromatic carbocycles. The third kappa shape index (κ3) is 2.29. The summed E-state index contributed by atoms with van der Waals surface area (Å²) < 4.78 is 0. The number of nitrogens with one attached hydrogen (secondary N) is 2. The van der Waals surface area contributed by atoms with Crippen molar-refractivity contribution in [3.8, 4) is 0 Å². The van der Waals surface area contributed by atoms with Gasteiger partial charge in [-0.1, -0.05) is 6.42 Å². The first-order valence-electron chi connectivity index (χ1n) is 4.69. The van der Waals surface area contributed by atoms with Crippen LogP contribution in [0.1, 0.15) is 25.7 Å². The molecule has 4 heteroatoms. The fourth-order valence-corrected chi connectivity index (χ4v) is 2.76. The van der Waals surface area contributed by atoms with E-state index in [1.54, 1.807) is 0 Å². The lowest BCUT2D eigenvalue weighted by Crippen LogP contribution is -2.38. The van der Waals surface area contributed by atoms with Gasteiger partial charge in [-0.15, -0.1) is 24.0 Å². The van der Waals surface area contributed by atoms with Crippen molar-refractivity contribution in [3.63, 3.8) is 0 Å². The Morgan fingerprint density at radius 1 is 1.38 bits per heavy atom. The quantitative estimate of drug-likeness (QED) is 0.421. The van der Waals surface area contributed by atoms with Crippen molar-refractivity contribution in [2.75, 3.05) is 5.88 Å². The standard InChI is InChI=1S/C9H15ClN2.ClH/c10-5-9(11)12-8-4-6-1-2-7(8)3-6;/h6-8H,1-5H2,(H2,11,12);1H/t6-,7+,8-;/m1./s1. The minimum atomic E-state index is 0. The molecule has 2 saturated carbocycles. The van der Waals surface area contributed by atoms with E-state index in [1.165, 1.54) is 25.7 Å². The maximum absolute atomic E-state index is 7.44. The lowest BCUT2D eigenvalue weighted by molar-refractivity contribution is 0.390. The van der Waals surface area contributed by atoms with E-state index in [-0.39, 0.29) is 12.4 Å². The molecular formula is C9H16Cl2N2. The summed E-state index contributed by atoms with van der Waals surface area (Å²) in [6.07, 6.45) is 5.42. The summed E-state index contributed by atoms with van der Waals surface area (Å²) >= 11 is 5.55. The molecule has 0 aliphatic heterocycles. The van der Waals surface area contributed by atoms with Crippen LogP contribution in [0.4, 0.5) is 0 Å². The summed E-state index contributed by atoms with van der Waals surface area (Å²) in [6, 6.07) is 0.565. The molecule has 0 radical (unpaired) electrons. The summed E-state index contributed by atoms with van der Waals surface area (Å²) in [5.41, 5.74) is 0. The summed E-state index contributed by atoms with van der Waals surface area (Å²) in [6.45, 7) is 0. The van der Waals surface area contributed by atoms with Crippen molar-refractivity contribution >= 4 is 29.8 Å². The third-order valence-corrected chi connectivity index (χ3v) is 3.50. The summed E-state index contributed by atoms with van der Waals surface area (Å²) in [4.78, 5) is 0. The largest absolute Gasteiger partial charge is 0.370 e. The molecule has 2 nitrogen and oxygen atoms in total. The van der Waals surface area contributed by atoms with E-state index in [0.717, 1.165) is 11.8 Å². The molecule has 2 bridgehead atoms. The Morgan fingerprint density at radius 3 is 2.62 bits per heavy atom. The number of rotatable bonds is 2. The number of amidine groups is 1. The average molecular weight is 223 g/mol. The van der Waals surface area contributed by atoms with Gasteiger partial charge in [0.15, 0.2) is 0 Å².